The number of rotatable bonds is 4. The van der Waals surface area contributed by atoms with Crippen molar-refractivity contribution in [3.05, 3.63) is 53.5 Å². The number of furan rings is 1. The van der Waals surface area contributed by atoms with Gasteiger partial charge in [-0.3, -0.25) is 14.4 Å². The smallest absolute Gasteiger partial charge is 0.313 e. The maximum atomic E-state index is 12.3. The Hall–Kier alpha value is -3.09. The van der Waals surface area contributed by atoms with Crippen LogP contribution in [-0.2, 0) is 9.59 Å². The first-order valence-corrected chi connectivity index (χ1v) is 9.42. The molecule has 148 valence electrons. The van der Waals surface area contributed by atoms with E-state index in [2.05, 4.69) is 10.6 Å². The van der Waals surface area contributed by atoms with Crippen LogP contribution in [0.25, 0.3) is 0 Å². The van der Waals surface area contributed by atoms with E-state index >= 15 is 0 Å². The largest absolute Gasteiger partial charge is 0.472 e. The lowest BCUT2D eigenvalue weighted by Gasteiger charge is -2.31. The second-order valence-corrected chi connectivity index (χ2v) is 7.16. The summed E-state index contributed by atoms with van der Waals surface area (Å²) in [6.45, 7) is 5.53. The van der Waals surface area contributed by atoms with E-state index in [0.717, 1.165) is 24.0 Å². The van der Waals surface area contributed by atoms with Crippen LogP contribution >= 0.6 is 0 Å². The number of carbonyl (C=O) groups is 3. The Balaban J connectivity index is 1.43. The van der Waals surface area contributed by atoms with Crippen molar-refractivity contribution in [2.24, 2.45) is 5.92 Å². The van der Waals surface area contributed by atoms with Crippen LogP contribution in [0.5, 0.6) is 0 Å². The van der Waals surface area contributed by atoms with Crippen LogP contribution in [0.2, 0.25) is 0 Å². The van der Waals surface area contributed by atoms with E-state index in [1.54, 1.807) is 17.0 Å². The fourth-order valence-electron chi connectivity index (χ4n) is 3.29. The standard InChI is InChI=1S/C21H25N3O4/c1-14-4-3-5-18(15(14)2)23-20(26)19(25)22-12-16-6-9-24(10-7-16)21(27)17-8-11-28-13-17/h3-5,8,11,13,16H,6-7,9-10,12H2,1-2H3,(H,22,25)(H,23,26). The molecule has 1 aliphatic heterocycles. The Labute approximate surface area is 164 Å². The molecule has 0 spiro atoms. The predicted octanol–water partition coefficient (Wildman–Crippen LogP) is 2.50. The molecule has 1 fully saturated rings. The quantitative estimate of drug-likeness (QED) is 0.794. The average Bonchev–Trinajstić information content (AvgIpc) is 3.24. The zero-order valence-corrected chi connectivity index (χ0v) is 16.2. The summed E-state index contributed by atoms with van der Waals surface area (Å²) >= 11 is 0. The number of nitrogens with one attached hydrogen (secondary N) is 2. The fourth-order valence-corrected chi connectivity index (χ4v) is 3.29. The third-order valence-corrected chi connectivity index (χ3v) is 5.28. The lowest BCUT2D eigenvalue weighted by Crippen LogP contribution is -2.43. The highest BCUT2D eigenvalue weighted by molar-refractivity contribution is 6.39. The zero-order valence-electron chi connectivity index (χ0n) is 16.2. The van der Waals surface area contributed by atoms with Crippen LogP contribution in [0.15, 0.2) is 41.2 Å². The van der Waals surface area contributed by atoms with Crippen molar-refractivity contribution in [1.29, 1.82) is 0 Å². The van der Waals surface area contributed by atoms with Crippen LogP contribution in [0.1, 0.15) is 34.3 Å². The number of carbonyl (C=O) groups excluding carboxylic acids is 3. The Morgan fingerprint density at radius 3 is 2.54 bits per heavy atom. The van der Waals surface area contributed by atoms with E-state index < -0.39 is 11.8 Å². The summed E-state index contributed by atoms with van der Waals surface area (Å²) in [5, 5.41) is 5.37. The summed E-state index contributed by atoms with van der Waals surface area (Å²) in [6, 6.07) is 7.23. The third kappa shape index (κ3) is 4.60. The van der Waals surface area contributed by atoms with Gasteiger partial charge in [0, 0.05) is 25.3 Å². The molecular formula is C21H25N3O4. The molecule has 2 N–H and O–H groups in total. The van der Waals surface area contributed by atoms with Gasteiger partial charge >= 0.3 is 11.8 Å². The van der Waals surface area contributed by atoms with Gasteiger partial charge in [-0.15, -0.1) is 0 Å². The van der Waals surface area contributed by atoms with Gasteiger partial charge < -0.3 is 20.0 Å². The molecule has 3 rings (SSSR count). The summed E-state index contributed by atoms with van der Waals surface area (Å²) < 4.78 is 4.96. The Morgan fingerprint density at radius 1 is 1.11 bits per heavy atom. The molecule has 1 aromatic carbocycles. The van der Waals surface area contributed by atoms with Crippen LogP contribution in [0, 0.1) is 19.8 Å². The molecule has 0 saturated carbocycles. The molecule has 2 aromatic rings. The van der Waals surface area contributed by atoms with Crippen LogP contribution in [0.3, 0.4) is 0 Å². The number of hydrogen-bond acceptors (Lipinski definition) is 4. The molecule has 2 heterocycles. The van der Waals surface area contributed by atoms with Crippen molar-refractivity contribution in [1.82, 2.24) is 10.2 Å². The molecule has 7 heteroatoms. The normalized spacial score (nSPS) is 14.6. The molecular weight excluding hydrogens is 358 g/mol. The molecule has 0 bridgehead atoms. The second kappa shape index (κ2) is 8.73. The summed E-state index contributed by atoms with van der Waals surface area (Å²) in [5.74, 6) is -1.10. The van der Waals surface area contributed by atoms with Crippen molar-refractivity contribution >= 4 is 23.4 Å². The van der Waals surface area contributed by atoms with Gasteiger partial charge in [-0.1, -0.05) is 12.1 Å². The molecule has 0 unspecified atom stereocenters. The summed E-state index contributed by atoms with van der Waals surface area (Å²) in [4.78, 5) is 38.3. The first-order chi connectivity index (χ1) is 13.5. The number of benzene rings is 1. The molecule has 1 aliphatic rings. The van der Waals surface area contributed by atoms with Crippen molar-refractivity contribution in [3.8, 4) is 0 Å². The van der Waals surface area contributed by atoms with Gasteiger partial charge in [0.05, 0.1) is 11.8 Å². The van der Waals surface area contributed by atoms with Crippen LogP contribution in [0.4, 0.5) is 5.69 Å². The lowest BCUT2D eigenvalue weighted by molar-refractivity contribution is -0.136. The van der Waals surface area contributed by atoms with E-state index in [-0.39, 0.29) is 11.8 Å². The van der Waals surface area contributed by atoms with Crippen LogP contribution in [-0.4, -0.2) is 42.3 Å². The van der Waals surface area contributed by atoms with Gasteiger partial charge in [-0.05, 0) is 55.9 Å². The Bertz CT molecular complexity index is 853. The molecule has 0 radical (unpaired) electrons. The first-order valence-electron chi connectivity index (χ1n) is 9.42. The fraction of sp³-hybridized carbons (Fsp3) is 0.381. The molecule has 0 atom stereocenters. The summed E-state index contributed by atoms with van der Waals surface area (Å²) in [5.41, 5.74) is 3.19. The highest BCUT2D eigenvalue weighted by Gasteiger charge is 2.25. The number of anilines is 1. The molecule has 7 nitrogen and oxygen atoms in total. The number of hydrogen-bond donors (Lipinski definition) is 2. The molecule has 3 amide bonds. The molecule has 1 aromatic heterocycles. The Morgan fingerprint density at radius 2 is 1.86 bits per heavy atom. The highest BCUT2D eigenvalue weighted by atomic mass is 16.3. The number of aryl methyl sites for hydroxylation is 1. The zero-order chi connectivity index (χ0) is 20.1. The van der Waals surface area contributed by atoms with Gasteiger partial charge in [-0.25, -0.2) is 0 Å². The van der Waals surface area contributed by atoms with Gasteiger partial charge in [0.15, 0.2) is 0 Å². The molecule has 28 heavy (non-hydrogen) atoms. The van der Waals surface area contributed by atoms with Gasteiger partial charge in [-0.2, -0.15) is 0 Å². The van der Waals surface area contributed by atoms with Gasteiger partial charge in [0.2, 0.25) is 0 Å². The number of likely N-dealkylation sites (tertiary alicyclic amines) is 1. The monoisotopic (exact) mass is 383 g/mol. The van der Waals surface area contributed by atoms with Crippen molar-refractivity contribution in [3.63, 3.8) is 0 Å². The first kappa shape index (κ1) is 19.7. The minimum absolute atomic E-state index is 0.0378. The highest BCUT2D eigenvalue weighted by Crippen LogP contribution is 2.19. The van der Waals surface area contributed by atoms with Crippen molar-refractivity contribution in [2.45, 2.75) is 26.7 Å². The SMILES string of the molecule is Cc1cccc(NC(=O)C(=O)NCC2CCN(C(=O)c3ccoc3)CC2)c1C. The number of amides is 3. The van der Waals surface area contributed by atoms with E-state index in [9.17, 15) is 14.4 Å². The van der Waals surface area contributed by atoms with E-state index in [4.69, 9.17) is 4.42 Å². The van der Waals surface area contributed by atoms with Crippen LogP contribution < -0.4 is 10.6 Å². The third-order valence-electron chi connectivity index (χ3n) is 5.28. The maximum absolute atomic E-state index is 12.3. The average molecular weight is 383 g/mol. The lowest BCUT2D eigenvalue weighted by atomic mass is 9.96. The second-order valence-electron chi connectivity index (χ2n) is 7.16. The van der Waals surface area contributed by atoms with E-state index in [0.29, 0.717) is 30.9 Å². The maximum Gasteiger partial charge on any atom is 0.313 e. The molecule has 0 aliphatic carbocycles. The van der Waals surface area contributed by atoms with E-state index in [1.807, 2.05) is 26.0 Å². The van der Waals surface area contributed by atoms with Crippen molar-refractivity contribution in [2.75, 3.05) is 25.0 Å². The Kier molecular flexibility index (Phi) is 6.13. The predicted molar refractivity (Wildman–Crippen MR) is 105 cm³/mol. The topological polar surface area (TPSA) is 91.7 Å². The van der Waals surface area contributed by atoms with E-state index in [1.165, 1.54) is 12.5 Å². The minimum Gasteiger partial charge on any atom is -0.472 e. The molecule has 1 saturated heterocycles. The number of piperidine rings is 1. The van der Waals surface area contributed by atoms with Gasteiger partial charge in [0.25, 0.3) is 5.91 Å². The minimum atomic E-state index is -0.665. The van der Waals surface area contributed by atoms with Crippen molar-refractivity contribution < 1.29 is 18.8 Å². The summed E-state index contributed by atoms with van der Waals surface area (Å²) in [6.07, 6.45) is 4.49. The summed E-state index contributed by atoms with van der Waals surface area (Å²) in [7, 11) is 0. The van der Waals surface area contributed by atoms with Gasteiger partial charge in [0.1, 0.15) is 6.26 Å². The number of nitrogens with zero attached hydrogens (tertiary/aromatic N) is 1.